The van der Waals surface area contributed by atoms with Gasteiger partial charge in [-0.3, -0.25) is 9.59 Å². The molecule has 0 rings (SSSR count). The van der Waals surface area contributed by atoms with Gasteiger partial charge in [-0.25, -0.2) is 0 Å². The first kappa shape index (κ1) is 70.3. The zero-order chi connectivity index (χ0) is 51.1. The van der Waals surface area contributed by atoms with Crippen LogP contribution in [-0.2, 0) is 19.1 Å². The predicted molar refractivity (Wildman–Crippen MR) is 318 cm³/mol. The first-order valence-corrected chi connectivity index (χ1v) is 34.2. The molecule has 0 spiro atoms. The SMILES string of the molecule is CCCCCCCCCCCCCCCCCCCCCCCCCCCCCCOC(=O)CCSCCC(=O)OCCCCCCCCCCCCCCCCCCCCCCCCCCCCCC. The van der Waals surface area contributed by atoms with E-state index >= 15 is 0 Å². The second-order valence-corrected chi connectivity index (χ2v) is 23.9. The van der Waals surface area contributed by atoms with Gasteiger partial charge < -0.3 is 9.47 Å². The highest BCUT2D eigenvalue weighted by Gasteiger charge is 2.07. The average Bonchev–Trinajstić information content (AvgIpc) is 3.37. The van der Waals surface area contributed by atoms with E-state index in [0.717, 1.165) is 25.7 Å². The summed E-state index contributed by atoms with van der Waals surface area (Å²) in [6.07, 6.45) is 79.5. The van der Waals surface area contributed by atoms with Crippen LogP contribution in [0.25, 0.3) is 0 Å². The lowest BCUT2D eigenvalue weighted by Crippen LogP contribution is -2.09. The van der Waals surface area contributed by atoms with E-state index < -0.39 is 0 Å². The molecular formula is C66H130O4S. The van der Waals surface area contributed by atoms with E-state index in [2.05, 4.69) is 13.8 Å². The molecular weight excluding hydrogens is 889 g/mol. The van der Waals surface area contributed by atoms with Crippen molar-refractivity contribution in [1.29, 1.82) is 0 Å². The maximum atomic E-state index is 12.1. The van der Waals surface area contributed by atoms with Gasteiger partial charge in [-0.2, -0.15) is 11.8 Å². The number of unbranched alkanes of at least 4 members (excludes halogenated alkanes) is 54. The van der Waals surface area contributed by atoms with Crippen molar-refractivity contribution in [2.75, 3.05) is 24.7 Å². The molecule has 0 radical (unpaired) electrons. The molecule has 0 amide bonds. The molecule has 0 unspecified atom stereocenters. The fraction of sp³-hybridized carbons (Fsp3) is 0.970. The minimum Gasteiger partial charge on any atom is -0.466 e. The van der Waals surface area contributed by atoms with Gasteiger partial charge in [0.25, 0.3) is 0 Å². The third-order valence-electron chi connectivity index (χ3n) is 15.4. The number of rotatable bonds is 64. The number of hydrogen-bond donors (Lipinski definition) is 0. The Kier molecular flexibility index (Phi) is 64.7. The van der Waals surface area contributed by atoms with Gasteiger partial charge in [0.15, 0.2) is 0 Å². The first-order valence-electron chi connectivity index (χ1n) is 33.1. The Balaban J connectivity index is 3.21. The van der Waals surface area contributed by atoms with Gasteiger partial charge in [0.1, 0.15) is 0 Å². The summed E-state index contributed by atoms with van der Waals surface area (Å²) in [6, 6.07) is 0. The van der Waals surface area contributed by atoms with E-state index in [9.17, 15) is 9.59 Å². The molecule has 5 heteroatoms. The van der Waals surface area contributed by atoms with Crippen LogP contribution in [0.3, 0.4) is 0 Å². The van der Waals surface area contributed by atoms with Crippen molar-refractivity contribution >= 4 is 23.7 Å². The zero-order valence-corrected chi connectivity index (χ0v) is 49.7. The molecule has 0 aliphatic rings. The van der Waals surface area contributed by atoms with Crippen LogP contribution >= 0.6 is 11.8 Å². The van der Waals surface area contributed by atoms with Crippen molar-refractivity contribution in [2.45, 2.75) is 386 Å². The van der Waals surface area contributed by atoms with Crippen LogP contribution in [0, 0.1) is 0 Å². The normalized spacial score (nSPS) is 11.5. The Hall–Kier alpha value is -0.710. The lowest BCUT2D eigenvalue weighted by molar-refractivity contribution is -0.144. The molecule has 0 N–H and O–H groups in total. The Bertz CT molecular complexity index is 911. The molecule has 0 aromatic carbocycles. The average molecular weight is 1020 g/mol. The number of carbonyl (C=O) groups excluding carboxylic acids is 2. The van der Waals surface area contributed by atoms with E-state index in [4.69, 9.17) is 9.47 Å². The smallest absolute Gasteiger partial charge is 0.306 e. The summed E-state index contributed by atoms with van der Waals surface area (Å²) in [5, 5.41) is 0. The van der Waals surface area contributed by atoms with Gasteiger partial charge in [-0.1, -0.05) is 361 Å². The lowest BCUT2D eigenvalue weighted by Gasteiger charge is -2.06. The van der Waals surface area contributed by atoms with Gasteiger partial charge in [-0.15, -0.1) is 0 Å². The minimum atomic E-state index is -0.101. The van der Waals surface area contributed by atoms with Crippen LogP contribution in [-0.4, -0.2) is 36.7 Å². The van der Waals surface area contributed by atoms with E-state index in [-0.39, 0.29) is 11.9 Å². The summed E-state index contributed by atoms with van der Waals surface area (Å²) in [5.41, 5.74) is 0. The molecule has 0 aromatic heterocycles. The molecule has 0 heterocycles. The van der Waals surface area contributed by atoms with Crippen LogP contribution in [0.4, 0.5) is 0 Å². The van der Waals surface area contributed by atoms with Gasteiger partial charge in [0.2, 0.25) is 0 Å². The second kappa shape index (κ2) is 65.4. The quantitative estimate of drug-likeness (QED) is 0.0449. The molecule has 0 saturated heterocycles. The summed E-state index contributed by atoms with van der Waals surface area (Å²) in [6.45, 7) is 5.71. The van der Waals surface area contributed by atoms with Crippen LogP contribution in [0.1, 0.15) is 386 Å². The lowest BCUT2D eigenvalue weighted by atomic mass is 10.0. The first-order chi connectivity index (χ1) is 35.2. The van der Waals surface area contributed by atoms with Gasteiger partial charge in [0, 0.05) is 11.5 Å². The van der Waals surface area contributed by atoms with Crippen LogP contribution in [0.15, 0.2) is 0 Å². The van der Waals surface area contributed by atoms with E-state index in [1.54, 1.807) is 11.8 Å². The fourth-order valence-electron chi connectivity index (χ4n) is 10.5. The Morgan fingerprint density at radius 2 is 0.366 bits per heavy atom. The molecule has 0 aliphatic carbocycles. The number of carbonyl (C=O) groups is 2. The summed E-state index contributed by atoms with van der Waals surface area (Å²) in [4.78, 5) is 24.2. The highest BCUT2D eigenvalue weighted by molar-refractivity contribution is 7.99. The number of thioether (sulfide) groups is 1. The third-order valence-corrected chi connectivity index (χ3v) is 16.4. The summed E-state index contributed by atoms with van der Waals surface area (Å²) in [5.74, 6) is 1.23. The minimum absolute atomic E-state index is 0.101. The number of hydrogen-bond acceptors (Lipinski definition) is 5. The van der Waals surface area contributed by atoms with Crippen molar-refractivity contribution in [2.24, 2.45) is 0 Å². The van der Waals surface area contributed by atoms with E-state index in [1.807, 2.05) is 0 Å². The molecule has 424 valence electrons. The molecule has 0 fully saturated rings. The fourth-order valence-corrected chi connectivity index (χ4v) is 11.3. The van der Waals surface area contributed by atoms with Crippen molar-refractivity contribution in [1.82, 2.24) is 0 Å². The van der Waals surface area contributed by atoms with E-state index in [1.165, 1.54) is 334 Å². The second-order valence-electron chi connectivity index (χ2n) is 22.6. The number of ether oxygens (including phenoxy) is 2. The van der Waals surface area contributed by atoms with Crippen molar-refractivity contribution in [3.63, 3.8) is 0 Å². The standard InChI is InChI=1S/C66H130O4S/c1-3-5-7-9-11-13-15-17-19-21-23-25-27-29-31-33-35-37-39-41-43-45-47-49-51-53-55-57-61-69-65(67)59-63-71-64-60-66(68)70-62-58-56-54-52-50-48-46-44-42-40-38-36-34-32-30-28-26-24-22-20-18-16-14-12-10-8-6-4-2/h3-64H2,1-2H3. The Labute approximate surface area is 451 Å². The summed E-state index contributed by atoms with van der Waals surface area (Å²) < 4.78 is 10.9. The molecule has 0 aliphatic heterocycles. The number of esters is 2. The third kappa shape index (κ3) is 65.3. The molecule has 0 aromatic rings. The highest BCUT2D eigenvalue weighted by atomic mass is 32.2. The van der Waals surface area contributed by atoms with Gasteiger partial charge in [-0.05, 0) is 12.8 Å². The van der Waals surface area contributed by atoms with Crippen LogP contribution in [0.5, 0.6) is 0 Å². The predicted octanol–water partition coefficient (Wildman–Crippen LogP) is 23.5. The maximum Gasteiger partial charge on any atom is 0.306 e. The monoisotopic (exact) mass is 1020 g/mol. The van der Waals surface area contributed by atoms with Gasteiger partial charge in [0.05, 0.1) is 26.1 Å². The van der Waals surface area contributed by atoms with Crippen molar-refractivity contribution in [3.05, 3.63) is 0 Å². The van der Waals surface area contributed by atoms with Gasteiger partial charge >= 0.3 is 11.9 Å². The summed E-state index contributed by atoms with van der Waals surface area (Å²) in [7, 11) is 0. The van der Waals surface area contributed by atoms with Crippen molar-refractivity contribution in [3.8, 4) is 0 Å². The molecule has 0 saturated carbocycles. The molecule has 71 heavy (non-hydrogen) atoms. The van der Waals surface area contributed by atoms with Crippen molar-refractivity contribution < 1.29 is 19.1 Å². The molecule has 0 bridgehead atoms. The van der Waals surface area contributed by atoms with E-state index in [0.29, 0.717) is 37.6 Å². The Morgan fingerprint density at radius 3 is 0.521 bits per heavy atom. The molecule has 4 nitrogen and oxygen atoms in total. The highest BCUT2D eigenvalue weighted by Crippen LogP contribution is 2.19. The maximum absolute atomic E-state index is 12.1. The largest absolute Gasteiger partial charge is 0.466 e. The van der Waals surface area contributed by atoms with Crippen LogP contribution < -0.4 is 0 Å². The zero-order valence-electron chi connectivity index (χ0n) is 48.9. The summed E-state index contributed by atoms with van der Waals surface area (Å²) >= 11 is 1.65. The topological polar surface area (TPSA) is 52.6 Å². The molecule has 0 atom stereocenters. The Morgan fingerprint density at radius 1 is 0.225 bits per heavy atom. The van der Waals surface area contributed by atoms with Crippen LogP contribution in [0.2, 0.25) is 0 Å².